The fourth-order valence-corrected chi connectivity index (χ4v) is 4.00. The van der Waals surface area contributed by atoms with Crippen molar-refractivity contribution in [2.75, 3.05) is 6.61 Å². The molecule has 0 unspecified atom stereocenters. The topological polar surface area (TPSA) is 99.0 Å². The summed E-state index contributed by atoms with van der Waals surface area (Å²) in [5.74, 6) is -0.322. The molecule has 1 aromatic carbocycles. The average molecular weight is 417 g/mol. The lowest BCUT2D eigenvalue weighted by atomic mass is 10.1. The predicted molar refractivity (Wildman–Crippen MR) is 112 cm³/mol. The summed E-state index contributed by atoms with van der Waals surface area (Å²) in [4.78, 5) is 43.8. The molecule has 0 radical (unpaired) electrons. The molecule has 1 N–H and O–H groups in total. The van der Waals surface area contributed by atoms with Crippen LogP contribution in [0.3, 0.4) is 0 Å². The van der Waals surface area contributed by atoms with E-state index in [0.29, 0.717) is 30.2 Å². The molecule has 154 valence electrons. The summed E-state index contributed by atoms with van der Waals surface area (Å²) in [6.07, 6.45) is 0.548. The van der Waals surface area contributed by atoms with Crippen LogP contribution in [0.5, 0.6) is 0 Å². The SMILES string of the molecule is CCOC(=O)[C@@H](CC)Sc1nc2c(c(=O)[nH]c(=O)n2C)n1Cc1ccc(C)cc1. The van der Waals surface area contributed by atoms with Gasteiger partial charge in [-0.15, -0.1) is 0 Å². The van der Waals surface area contributed by atoms with Gasteiger partial charge in [0.2, 0.25) is 0 Å². The van der Waals surface area contributed by atoms with E-state index in [1.807, 2.05) is 38.1 Å². The van der Waals surface area contributed by atoms with E-state index in [-0.39, 0.29) is 11.6 Å². The summed E-state index contributed by atoms with van der Waals surface area (Å²) in [5, 5.41) is 0.0341. The van der Waals surface area contributed by atoms with Gasteiger partial charge >= 0.3 is 11.7 Å². The lowest BCUT2D eigenvalue weighted by molar-refractivity contribution is -0.142. The Balaban J connectivity index is 2.14. The van der Waals surface area contributed by atoms with Gasteiger partial charge in [-0.1, -0.05) is 48.5 Å². The summed E-state index contributed by atoms with van der Waals surface area (Å²) < 4.78 is 8.22. The van der Waals surface area contributed by atoms with Crippen molar-refractivity contribution >= 4 is 28.9 Å². The molecule has 3 rings (SSSR count). The van der Waals surface area contributed by atoms with Crippen molar-refractivity contribution in [3.05, 3.63) is 56.2 Å². The second kappa shape index (κ2) is 8.69. The summed E-state index contributed by atoms with van der Waals surface area (Å²) >= 11 is 1.24. The van der Waals surface area contributed by atoms with E-state index in [4.69, 9.17) is 4.74 Å². The molecule has 0 aliphatic rings. The first kappa shape index (κ1) is 20.9. The summed E-state index contributed by atoms with van der Waals surface area (Å²) in [5.41, 5.74) is 1.66. The average Bonchev–Trinajstić information content (AvgIpc) is 3.04. The monoisotopic (exact) mass is 416 g/mol. The van der Waals surface area contributed by atoms with Gasteiger partial charge in [-0.05, 0) is 25.8 Å². The molecule has 0 amide bonds. The van der Waals surface area contributed by atoms with Crippen LogP contribution in [0.4, 0.5) is 0 Å². The largest absolute Gasteiger partial charge is 0.465 e. The first-order valence-corrected chi connectivity index (χ1v) is 10.3. The molecule has 0 spiro atoms. The number of nitrogens with one attached hydrogen (secondary N) is 1. The van der Waals surface area contributed by atoms with E-state index in [1.54, 1.807) is 18.5 Å². The number of carbonyl (C=O) groups excluding carboxylic acids is 1. The van der Waals surface area contributed by atoms with Gasteiger partial charge in [-0.2, -0.15) is 0 Å². The minimum Gasteiger partial charge on any atom is -0.465 e. The van der Waals surface area contributed by atoms with Gasteiger partial charge < -0.3 is 9.30 Å². The second-order valence-corrected chi connectivity index (χ2v) is 7.89. The van der Waals surface area contributed by atoms with E-state index in [9.17, 15) is 14.4 Å². The maximum atomic E-state index is 12.6. The molecule has 0 saturated heterocycles. The fourth-order valence-electron chi connectivity index (χ4n) is 2.99. The summed E-state index contributed by atoms with van der Waals surface area (Å²) in [6.45, 7) is 6.34. The molecule has 0 aliphatic heterocycles. The highest BCUT2D eigenvalue weighted by molar-refractivity contribution is 8.00. The molecular weight excluding hydrogens is 392 g/mol. The van der Waals surface area contributed by atoms with E-state index in [1.165, 1.54) is 16.3 Å². The highest BCUT2D eigenvalue weighted by Crippen LogP contribution is 2.28. The normalized spacial score (nSPS) is 12.3. The number of hydrogen-bond acceptors (Lipinski definition) is 6. The third-order valence-electron chi connectivity index (χ3n) is 4.60. The van der Waals surface area contributed by atoms with Gasteiger partial charge in [-0.3, -0.25) is 19.1 Å². The van der Waals surface area contributed by atoms with Crippen molar-refractivity contribution in [2.45, 2.75) is 44.1 Å². The van der Waals surface area contributed by atoms with E-state index < -0.39 is 16.5 Å². The van der Waals surface area contributed by atoms with E-state index in [0.717, 1.165) is 11.1 Å². The van der Waals surface area contributed by atoms with Crippen molar-refractivity contribution in [2.24, 2.45) is 7.05 Å². The molecule has 0 aliphatic carbocycles. The van der Waals surface area contributed by atoms with Crippen LogP contribution in [0.15, 0.2) is 39.0 Å². The Kier molecular flexibility index (Phi) is 6.26. The van der Waals surface area contributed by atoms with Crippen molar-refractivity contribution in [1.82, 2.24) is 19.1 Å². The summed E-state index contributed by atoms with van der Waals surface area (Å²) in [7, 11) is 1.56. The Labute approximate surface area is 171 Å². The zero-order chi connectivity index (χ0) is 21.1. The fraction of sp³-hybridized carbons (Fsp3) is 0.400. The molecule has 8 nitrogen and oxygen atoms in total. The lowest BCUT2D eigenvalue weighted by Crippen LogP contribution is -2.29. The highest BCUT2D eigenvalue weighted by Gasteiger charge is 2.25. The Bertz CT molecular complexity index is 1140. The van der Waals surface area contributed by atoms with Crippen molar-refractivity contribution in [3.8, 4) is 0 Å². The van der Waals surface area contributed by atoms with Gasteiger partial charge in [0.05, 0.1) is 13.2 Å². The zero-order valence-corrected chi connectivity index (χ0v) is 17.7. The van der Waals surface area contributed by atoms with Crippen molar-refractivity contribution in [1.29, 1.82) is 0 Å². The first-order valence-electron chi connectivity index (χ1n) is 9.44. The summed E-state index contributed by atoms with van der Waals surface area (Å²) in [6, 6.07) is 7.95. The molecular formula is C20H24N4O4S. The predicted octanol–water partition coefficient (Wildman–Crippen LogP) is 2.21. The third-order valence-corrected chi connectivity index (χ3v) is 5.93. The number of aryl methyl sites for hydroxylation is 2. The Morgan fingerprint density at radius 3 is 2.55 bits per heavy atom. The van der Waals surface area contributed by atoms with Crippen molar-refractivity contribution in [3.63, 3.8) is 0 Å². The number of hydrogen-bond donors (Lipinski definition) is 1. The lowest BCUT2D eigenvalue weighted by Gasteiger charge is -2.14. The molecule has 0 fully saturated rings. The van der Waals surface area contributed by atoms with Crippen LogP contribution in [-0.4, -0.2) is 36.9 Å². The molecule has 29 heavy (non-hydrogen) atoms. The smallest absolute Gasteiger partial charge is 0.329 e. The standard InChI is InChI=1S/C20H24N4O4S/c1-5-14(18(26)28-6-2)29-20-21-16-15(17(25)22-19(27)23(16)4)24(20)11-13-9-7-12(3)8-10-13/h7-10,14H,5-6,11H2,1-4H3,(H,22,25,27)/t14-/m1/s1. The Hall–Kier alpha value is -2.81. The maximum Gasteiger partial charge on any atom is 0.329 e. The number of carbonyl (C=O) groups is 1. The number of rotatable bonds is 7. The van der Waals surface area contributed by atoms with Crippen LogP contribution in [0, 0.1) is 6.92 Å². The van der Waals surface area contributed by atoms with Crippen LogP contribution in [0.2, 0.25) is 0 Å². The number of nitrogens with zero attached hydrogens (tertiary/aromatic N) is 3. The number of benzene rings is 1. The number of H-pyrrole nitrogens is 1. The Morgan fingerprint density at radius 1 is 1.24 bits per heavy atom. The second-order valence-electron chi connectivity index (χ2n) is 6.72. The molecule has 1 atom stereocenters. The minimum atomic E-state index is -0.531. The number of ether oxygens (including phenoxy) is 1. The molecule has 2 heterocycles. The van der Waals surface area contributed by atoms with Crippen LogP contribution in [0.1, 0.15) is 31.4 Å². The number of thioether (sulfide) groups is 1. The van der Waals surface area contributed by atoms with Gasteiger partial charge in [0.25, 0.3) is 5.56 Å². The first-order chi connectivity index (χ1) is 13.8. The molecule has 3 aromatic rings. The quantitative estimate of drug-likeness (QED) is 0.468. The zero-order valence-electron chi connectivity index (χ0n) is 16.9. The van der Waals surface area contributed by atoms with Crippen LogP contribution >= 0.6 is 11.8 Å². The van der Waals surface area contributed by atoms with E-state index >= 15 is 0 Å². The van der Waals surface area contributed by atoms with Gasteiger partial charge in [0, 0.05) is 7.05 Å². The Morgan fingerprint density at radius 2 is 1.93 bits per heavy atom. The number of esters is 1. The van der Waals surface area contributed by atoms with Crippen LogP contribution in [0.25, 0.3) is 11.2 Å². The third kappa shape index (κ3) is 4.29. The molecule has 0 bridgehead atoms. The molecule has 0 saturated carbocycles. The maximum absolute atomic E-state index is 12.6. The van der Waals surface area contributed by atoms with Crippen molar-refractivity contribution < 1.29 is 9.53 Å². The number of aromatic amines is 1. The van der Waals surface area contributed by atoms with E-state index in [2.05, 4.69) is 9.97 Å². The minimum absolute atomic E-state index is 0.284. The van der Waals surface area contributed by atoms with Gasteiger partial charge in [0.1, 0.15) is 5.25 Å². The molecule has 9 heteroatoms. The van der Waals surface area contributed by atoms with Crippen LogP contribution in [-0.2, 0) is 23.1 Å². The number of aromatic nitrogens is 4. The van der Waals surface area contributed by atoms with Gasteiger partial charge in [0.15, 0.2) is 16.3 Å². The molecule has 2 aromatic heterocycles. The van der Waals surface area contributed by atoms with Crippen LogP contribution < -0.4 is 11.2 Å². The van der Waals surface area contributed by atoms with Gasteiger partial charge in [-0.25, -0.2) is 9.78 Å². The highest BCUT2D eigenvalue weighted by atomic mass is 32.2. The number of imidazole rings is 1. The number of fused-ring (bicyclic) bond motifs is 1.